The smallest absolute Gasteiger partial charge is 0.319 e. The van der Waals surface area contributed by atoms with E-state index in [9.17, 15) is 0 Å². The zero-order chi connectivity index (χ0) is 19.8. The number of aryl methyl sites for hydroxylation is 3. The van der Waals surface area contributed by atoms with Crippen LogP contribution in [0.1, 0.15) is 16.7 Å². The summed E-state index contributed by atoms with van der Waals surface area (Å²) in [6.45, 7) is 2.44. The maximum Gasteiger partial charge on any atom is 0.319 e. The van der Waals surface area contributed by atoms with E-state index in [-0.39, 0.29) is 0 Å². The third-order valence-electron chi connectivity index (χ3n) is 2.82. The minimum Gasteiger partial charge on any atom is -0.325 e. The van der Waals surface area contributed by atoms with Gasteiger partial charge in [-0.2, -0.15) is 0 Å². The second-order valence-corrected chi connectivity index (χ2v) is 7.97. The van der Waals surface area contributed by atoms with Gasteiger partial charge in [0, 0.05) is 0 Å². The molecule has 0 unspecified atom stereocenters. The van der Waals surface area contributed by atoms with E-state index in [0.29, 0.717) is 0 Å². The molecule has 0 heterocycles. The Morgan fingerprint density at radius 1 is 0.500 bits per heavy atom. The van der Waals surface area contributed by atoms with Crippen LogP contribution < -0.4 is 0 Å². The molecule has 0 saturated heterocycles. The average molecular weight is 390 g/mol. The fourth-order valence-electron chi connectivity index (χ4n) is 1.60. The van der Waals surface area contributed by atoms with Crippen LogP contribution in [0.15, 0.2) is 91.0 Å². The molecule has 5 heteroatoms. The van der Waals surface area contributed by atoms with Gasteiger partial charge < -0.3 is 14.7 Å². The lowest BCUT2D eigenvalue weighted by Crippen LogP contribution is -1.65. The molecule has 3 aromatic rings. The Morgan fingerprint density at radius 2 is 0.654 bits per heavy atom. The minimum atomic E-state index is -3.81. The van der Waals surface area contributed by atoms with Crippen molar-refractivity contribution in [3.05, 3.63) is 108 Å². The van der Waals surface area contributed by atoms with Crippen molar-refractivity contribution in [2.24, 2.45) is 0 Å². The van der Waals surface area contributed by atoms with Gasteiger partial charge in [-0.25, -0.2) is 0 Å². The molecular weight excluding hydrogens is 363 g/mol. The Hall–Kier alpha value is -1.81. The summed E-state index contributed by atoms with van der Waals surface area (Å²) >= 11 is 3.60. The number of rotatable bonds is 0. The topological polar surface area (TPSA) is 60.7 Å². The molecule has 3 nitrogen and oxygen atoms in total. The molecule has 0 spiro atoms. The molecule has 0 amide bonds. The molecule has 0 aliphatic rings. The van der Waals surface area contributed by atoms with Crippen molar-refractivity contribution in [1.29, 1.82) is 0 Å². The van der Waals surface area contributed by atoms with Crippen molar-refractivity contribution >= 4 is 18.5 Å². The lowest BCUT2D eigenvalue weighted by molar-refractivity contribution is 0.363. The fraction of sp³-hybridized carbons (Fsp3) is 0.143. The standard InChI is InChI=1S/3C7H8.H3O3PS/c3*1-7-5-3-2-4-6-7;1-4(2,3)5/h3*2-6H,1H3;(H3,1,2,3,5). The summed E-state index contributed by atoms with van der Waals surface area (Å²) in [5.74, 6) is 0. The Kier molecular flexibility index (Phi) is 13.4. The minimum absolute atomic E-state index is 1.32. The van der Waals surface area contributed by atoms with Gasteiger partial charge >= 0.3 is 6.72 Å². The molecule has 0 saturated carbocycles. The van der Waals surface area contributed by atoms with Crippen LogP contribution in [-0.4, -0.2) is 14.7 Å². The van der Waals surface area contributed by atoms with Gasteiger partial charge in [-0.1, -0.05) is 108 Å². The molecule has 0 fully saturated rings. The third kappa shape index (κ3) is 20.2. The second kappa shape index (κ2) is 14.4. The SMILES string of the molecule is Cc1ccccc1.Cc1ccccc1.Cc1ccccc1.OP(O)(O)=S. The Labute approximate surface area is 161 Å². The quantitative estimate of drug-likeness (QED) is 0.463. The Balaban J connectivity index is 0.000000324. The molecule has 0 radical (unpaired) electrons. The van der Waals surface area contributed by atoms with E-state index in [2.05, 4.69) is 69.0 Å². The first-order chi connectivity index (χ1) is 12.2. The van der Waals surface area contributed by atoms with E-state index in [1.807, 2.05) is 54.6 Å². The third-order valence-corrected chi connectivity index (χ3v) is 2.82. The van der Waals surface area contributed by atoms with E-state index in [4.69, 9.17) is 14.7 Å². The van der Waals surface area contributed by atoms with Gasteiger partial charge in [0.05, 0.1) is 0 Å². The first-order valence-corrected chi connectivity index (χ1v) is 10.7. The summed E-state index contributed by atoms with van der Waals surface area (Å²) in [6.07, 6.45) is 0. The summed E-state index contributed by atoms with van der Waals surface area (Å²) in [5, 5.41) is 0. The maximum atomic E-state index is 7.56. The van der Waals surface area contributed by atoms with Gasteiger partial charge in [0.2, 0.25) is 0 Å². The first-order valence-electron chi connectivity index (χ1n) is 8.01. The van der Waals surface area contributed by atoms with Crippen LogP contribution in [0.25, 0.3) is 0 Å². The average Bonchev–Trinajstić information content (AvgIpc) is 2.57. The van der Waals surface area contributed by atoms with Crippen LogP contribution in [0.2, 0.25) is 0 Å². The van der Waals surface area contributed by atoms with Crippen LogP contribution in [-0.2, 0) is 11.8 Å². The van der Waals surface area contributed by atoms with Gasteiger partial charge in [-0.15, -0.1) is 0 Å². The highest BCUT2D eigenvalue weighted by atomic mass is 32.5. The zero-order valence-electron chi connectivity index (χ0n) is 15.4. The van der Waals surface area contributed by atoms with Crippen molar-refractivity contribution in [2.75, 3.05) is 0 Å². The van der Waals surface area contributed by atoms with E-state index in [1.54, 1.807) is 0 Å². The highest BCUT2D eigenvalue weighted by molar-refractivity contribution is 8.06. The lowest BCUT2D eigenvalue weighted by atomic mass is 10.2. The summed E-state index contributed by atoms with van der Waals surface area (Å²) in [4.78, 5) is 22.7. The zero-order valence-corrected chi connectivity index (χ0v) is 17.1. The molecule has 0 aliphatic heterocycles. The summed E-state index contributed by atoms with van der Waals surface area (Å²) in [6, 6.07) is 30.8. The molecular formula is C21H27O3PS. The van der Waals surface area contributed by atoms with Crippen molar-refractivity contribution in [3.8, 4) is 0 Å². The summed E-state index contributed by atoms with van der Waals surface area (Å²) < 4.78 is 0. The lowest BCUT2D eigenvalue weighted by Gasteiger charge is -1.88. The number of benzene rings is 3. The van der Waals surface area contributed by atoms with Crippen LogP contribution in [0, 0.1) is 20.8 Å². The normalized spacial score (nSPS) is 9.31. The molecule has 0 atom stereocenters. The largest absolute Gasteiger partial charge is 0.325 e. The second-order valence-electron chi connectivity index (χ2n) is 5.48. The van der Waals surface area contributed by atoms with Crippen LogP contribution in [0.5, 0.6) is 0 Å². The van der Waals surface area contributed by atoms with Crippen LogP contribution in [0.3, 0.4) is 0 Å². The van der Waals surface area contributed by atoms with Gasteiger partial charge in [0.15, 0.2) is 0 Å². The summed E-state index contributed by atoms with van der Waals surface area (Å²) in [5.41, 5.74) is 3.97. The number of hydrogen-bond donors (Lipinski definition) is 3. The first kappa shape index (κ1) is 24.2. The van der Waals surface area contributed by atoms with Crippen molar-refractivity contribution in [3.63, 3.8) is 0 Å². The van der Waals surface area contributed by atoms with Gasteiger partial charge in [-0.3, -0.25) is 0 Å². The molecule has 0 aromatic heterocycles. The molecule has 140 valence electrons. The maximum absolute atomic E-state index is 7.56. The monoisotopic (exact) mass is 390 g/mol. The predicted molar refractivity (Wildman–Crippen MR) is 114 cm³/mol. The highest BCUT2D eigenvalue weighted by Gasteiger charge is 1.92. The van der Waals surface area contributed by atoms with Crippen molar-refractivity contribution in [1.82, 2.24) is 0 Å². The van der Waals surface area contributed by atoms with Crippen LogP contribution >= 0.6 is 6.72 Å². The number of hydrogen-bond acceptors (Lipinski definition) is 1. The van der Waals surface area contributed by atoms with Crippen LogP contribution in [0.4, 0.5) is 0 Å². The van der Waals surface area contributed by atoms with Crippen molar-refractivity contribution in [2.45, 2.75) is 20.8 Å². The van der Waals surface area contributed by atoms with Crippen molar-refractivity contribution < 1.29 is 14.7 Å². The van der Waals surface area contributed by atoms with Gasteiger partial charge in [-0.05, 0) is 32.6 Å². The van der Waals surface area contributed by atoms with Gasteiger partial charge in [0.25, 0.3) is 0 Å². The van der Waals surface area contributed by atoms with E-state index >= 15 is 0 Å². The van der Waals surface area contributed by atoms with E-state index in [0.717, 1.165) is 0 Å². The molecule has 3 aromatic carbocycles. The van der Waals surface area contributed by atoms with E-state index in [1.165, 1.54) is 16.7 Å². The molecule has 26 heavy (non-hydrogen) atoms. The summed E-state index contributed by atoms with van der Waals surface area (Å²) in [7, 11) is 0. The fourth-order valence-corrected chi connectivity index (χ4v) is 1.60. The van der Waals surface area contributed by atoms with E-state index < -0.39 is 6.72 Å². The predicted octanol–water partition coefficient (Wildman–Crippen LogP) is 5.17. The Bertz CT molecular complexity index is 632. The Morgan fingerprint density at radius 3 is 0.731 bits per heavy atom. The highest BCUT2D eigenvalue weighted by Crippen LogP contribution is 2.26. The molecule has 3 rings (SSSR count). The molecule has 3 N–H and O–H groups in total. The molecule has 0 aliphatic carbocycles. The molecule has 0 bridgehead atoms. The van der Waals surface area contributed by atoms with Gasteiger partial charge in [0.1, 0.15) is 0 Å².